The first-order valence-corrected chi connectivity index (χ1v) is 4.76. The van der Waals surface area contributed by atoms with Crippen LogP contribution >= 0.6 is 11.6 Å². The van der Waals surface area contributed by atoms with E-state index in [0.717, 1.165) is 5.56 Å². The molecule has 4 nitrogen and oxygen atoms in total. The third kappa shape index (κ3) is 3.42. The summed E-state index contributed by atoms with van der Waals surface area (Å²) in [4.78, 5) is 10.4. The van der Waals surface area contributed by atoms with Gasteiger partial charge in [-0.05, 0) is 24.6 Å². The van der Waals surface area contributed by atoms with E-state index in [1.165, 1.54) is 0 Å². The number of carboxylic acids is 1. The predicted octanol–water partition coefficient (Wildman–Crippen LogP) is 1.44. The Labute approximate surface area is 92.6 Å². The molecule has 0 bridgehead atoms. The Bertz CT molecular complexity index is 368. The van der Waals surface area contributed by atoms with Crippen LogP contribution in [-0.4, -0.2) is 23.7 Å². The van der Waals surface area contributed by atoms with Crippen LogP contribution in [0, 0.1) is 6.92 Å². The highest BCUT2D eigenvalue weighted by Gasteiger charge is 2.12. The van der Waals surface area contributed by atoms with Crippen LogP contribution in [0.4, 0.5) is 0 Å². The normalized spacial score (nSPS) is 12.2. The van der Waals surface area contributed by atoms with E-state index in [1.807, 2.05) is 13.0 Å². The van der Waals surface area contributed by atoms with Crippen molar-refractivity contribution in [3.63, 3.8) is 0 Å². The molecule has 15 heavy (non-hydrogen) atoms. The van der Waals surface area contributed by atoms with E-state index in [-0.39, 0.29) is 6.61 Å². The van der Waals surface area contributed by atoms with E-state index >= 15 is 0 Å². The first-order valence-electron chi connectivity index (χ1n) is 4.38. The Morgan fingerprint density at radius 2 is 2.33 bits per heavy atom. The van der Waals surface area contributed by atoms with Gasteiger partial charge in [-0.3, -0.25) is 4.79 Å². The van der Waals surface area contributed by atoms with Gasteiger partial charge in [0.05, 0.1) is 5.02 Å². The van der Waals surface area contributed by atoms with Gasteiger partial charge in [-0.15, -0.1) is 0 Å². The van der Waals surface area contributed by atoms with Gasteiger partial charge in [0.2, 0.25) is 0 Å². The summed E-state index contributed by atoms with van der Waals surface area (Å²) in [6.45, 7) is 1.80. The number of rotatable bonds is 4. The lowest BCUT2D eigenvalue weighted by Crippen LogP contribution is -2.36. The van der Waals surface area contributed by atoms with E-state index in [0.29, 0.717) is 10.8 Å². The molecule has 0 heterocycles. The highest BCUT2D eigenvalue weighted by molar-refractivity contribution is 6.32. The largest absolute Gasteiger partial charge is 0.490 e. The van der Waals surface area contributed by atoms with E-state index in [1.54, 1.807) is 12.1 Å². The Morgan fingerprint density at radius 3 is 2.87 bits per heavy atom. The number of carboxylic acid groups (broad SMARTS) is 1. The van der Waals surface area contributed by atoms with Crippen molar-refractivity contribution in [2.45, 2.75) is 13.0 Å². The molecule has 0 fully saturated rings. The number of benzene rings is 1. The fraction of sp³-hybridized carbons (Fsp3) is 0.300. The molecule has 82 valence electrons. The summed E-state index contributed by atoms with van der Waals surface area (Å²) < 4.78 is 5.18. The molecular weight excluding hydrogens is 218 g/mol. The number of carbonyl (C=O) groups is 1. The molecule has 1 unspecified atom stereocenters. The zero-order chi connectivity index (χ0) is 11.4. The fourth-order valence-corrected chi connectivity index (χ4v) is 1.26. The summed E-state index contributed by atoms with van der Waals surface area (Å²) in [5.74, 6) is -0.655. The van der Waals surface area contributed by atoms with E-state index in [4.69, 9.17) is 27.2 Å². The van der Waals surface area contributed by atoms with Crippen molar-refractivity contribution < 1.29 is 14.6 Å². The minimum atomic E-state index is -1.10. The van der Waals surface area contributed by atoms with Gasteiger partial charge < -0.3 is 15.6 Å². The van der Waals surface area contributed by atoms with Gasteiger partial charge in [-0.2, -0.15) is 0 Å². The Morgan fingerprint density at radius 1 is 1.67 bits per heavy atom. The molecule has 0 aromatic heterocycles. The maximum atomic E-state index is 10.4. The Hall–Kier alpha value is -1.26. The van der Waals surface area contributed by atoms with Gasteiger partial charge in [-0.1, -0.05) is 17.7 Å². The number of hydrogen-bond acceptors (Lipinski definition) is 3. The highest BCUT2D eigenvalue weighted by Crippen LogP contribution is 2.24. The molecule has 0 saturated carbocycles. The number of ether oxygens (including phenoxy) is 1. The Balaban J connectivity index is 2.62. The average Bonchev–Trinajstić information content (AvgIpc) is 2.15. The molecule has 0 aliphatic rings. The first-order chi connectivity index (χ1) is 7.00. The van der Waals surface area contributed by atoms with Crippen molar-refractivity contribution in [1.29, 1.82) is 0 Å². The summed E-state index contributed by atoms with van der Waals surface area (Å²) in [5, 5.41) is 8.99. The average molecular weight is 230 g/mol. The SMILES string of the molecule is Cc1ccc(OCC(N)C(=O)O)c(Cl)c1. The van der Waals surface area contributed by atoms with Crippen molar-refractivity contribution >= 4 is 17.6 Å². The lowest BCUT2D eigenvalue weighted by molar-refractivity contribution is -0.139. The van der Waals surface area contributed by atoms with Crippen LogP contribution in [0.15, 0.2) is 18.2 Å². The van der Waals surface area contributed by atoms with Crippen LogP contribution < -0.4 is 10.5 Å². The maximum absolute atomic E-state index is 10.4. The molecule has 0 spiro atoms. The third-order valence-corrected chi connectivity index (χ3v) is 2.12. The van der Waals surface area contributed by atoms with Crippen LogP contribution in [0.3, 0.4) is 0 Å². The monoisotopic (exact) mass is 229 g/mol. The zero-order valence-corrected chi connectivity index (χ0v) is 8.99. The summed E-state index contributed by atoms with van der Waals surface area (Å²) in [7, 11) is 0. The van der Waals surface area contributed by atoms with Crippen LogP contribution in [0.2, 0.25) is 5.02 Å². The van der Waals surface area contributed by atoms with Gasteiger partial charge in [0, 0.05) is 0 Å². The fourth-order valence-electron chi connectivity index (χ4n) is 0.974. The molecule has 1 atom stereocenters. The van der Waals surface area contributed by atoms with Gasteiger partial charge in [0.25, 0.3) is 0 Å². The molecule has 0 aliphatic carbocycles. The smallest absolute Gasteiger partial charge is 0.324 e. The lowest BCUT2D eigenvalue weighted by Gasteiger charge is -2.10. The zero-order valence-electron chi connectivity index (χ0n) is 8.24. The second kappa shape index (κ2) is 5.00. The molecule has 0 aliphatic heterocycles. The van der Waals surface area contributed by atoms with E-state index in [9.17, 15) is 4.79 Å². The minimum absolute atomic E-state index is 0.0991. The molecule has 5 heteroatoms. The maximum Gasteiger partial charge on any atom is 0.324 e. The number of halogens is 1. The van der Waals surface area contributed by atoms with E-state index in [2.05, 4.69) is 0 Å². The van der Waals surface area contributed by atoms with Gasteiger partial charge >= 0.3 is 5.97 Å². The van der Waals surface area contributed by atoms with Crippen molar-refractivity contribution in [3.8, 4) is 5.75 Å². The summed E-state index contributed by atoms with van der Waals surface area (Å²) in [6, 6.07) is 4.21. The van der Waals surface area contributed by atoms with Crippen LogP contribution in [-0.2, 0) is 4.79 Å². The molecule has 0 radical (unpaired) electrons. The number of nitrogens with two attached hydrogens (primary N) is 1. The van der Waals surface area contributed by atoms with E-state index < -0.39 is 12.0 Å². The molecular formula is C10H12ClNO3. The minimum Gasteiger partial charge on any atom is -0.490 e. The topological polar surface area (TPSA) is 72.5 Å². The Kier molecular flexibility index (Phi) is 3.94. The molecule has 1 rings (SSSR count). The standard InChI is InChI=1S/C10H12ClNO3/c1-6-2-3-9(7(11)4-6)15-5-8(12)10(13)14/h2-4,8H,5,12H2,1H3,(H,13,14). The van der Waals surface area contributed by atoms with Crippen molar-refractivity contribution in [2.75, 3.05) is 6.61 Å². The molecule has 0 saturated heterocycles. The highest BCUT2D eigenvalue weighted by atomic mass is 35.5. The molecule has 0 amide bonds. The summed E-state index contributed by atoms with van der Waals surface area (Å²) in [6.07, 6.45) is 0. The second-order valence-electron chi connectivity index (χ2n) is 3.19. The molecule has 1 aromatic rings. The quantitative estimate of drug-likeness (QED) is 0.820. The van der Waals surface area contributed by atoms with Crippen molar-refractivity contribution in [3.05, 3.63) is 28.8 Å². The second-order valence-corrected chi connectivity index (χ2v) is 3.60. The first kappa shape index (κ1) is 11.8. The van der Waals surface area contributed by atoms with Crippen LogP contribution in [0.25, 0.3) is 0 Å². The number of aryl methyl sites for hydroxylation is 1. The number of hydrogen-bond donors (Lipinski definition) is 2. The van der Waals surface area contributed by atoms with Gasteiger partial charge in [0.1, 0.15) is 18.4 Å². The van der Waals surface area contributed by atoms with Crippen LogP contribution in [0.5, 0.6) is 5.75 Å². The van der Waals surface area contributed by atoms with Crippen molar-refractivity contribution in [1.82, 2.24) is 0 Å². The lowest BCUT2D eigenvalue weighted by atomic mass is 10.2. The molecule has 1 aromatic carbocycles. The summed E-state index contributed by atoms with van der Waals surface area (Å²) in [5.41, 5.74) is 6.29. The molecule has 3 N–H and O–H groups in total. The van der Waals surface area contributed by atoms with Crippen molar-refractivity contribution in [2.24, 2.45) is 5.73 Å². The summed E-state index contributed by atoms with van der Waals surface area (Å²) >= 11 is 5.88. The van der Waals surface area contributed by atoms with Crippen LogP contribution in [0.1, 0.15) is 5.56 Å². The third-order valence-electron chi connectivity index (χ3n) is 1.82. The van der Waals surface area contributed by atoms with Gasteiger partial charge in [0.15, 0.2) is 0 Å². The van der Waals surface area contributed by atoms with Gasteiger partial charge in [-0.25, -0.2) is 0 Å². The predicted molar refractivity (Wildman–Crippen MR) is 57.3 cm³/mol. The number of aliphatic carboxylic acids is 1.